The molecule has 9 rings (SSSR count). The van der Waals surface area contributed by atoms with Crippen LogP contribution < -0.4 is 16.2 Å². The molecule has 1 unspecified atom stereocenters. The van der Waals surface area contributed by atoms with Gasteiger partial charge in [-0.3, -0.25) is 10.2 Å². The van der Waals surface area contributed by atoms with E-state index in [0.29, 0.717) is 59.1 Å². The van der Waals surface area contributed by atoms with E-state index in [1.807, 2.05) is 39.1 Å². The van der Waals surface area contributed by atoms with Gasteiger partial charge in [0, 0.05) is 59.3 Å². The molecule has 3 amide bonds. The molecule has 3 aromatic heterocycles. The van der Waals surface area contributed by atoms with Crippen LogP contribution in [0.4, 0.5) is 15.3 Å². The zero-order chi connectivity index (χ0) is 46.8. The Morgan fingerprint density at radius 2 is 1.77 bits per heavy atom. The number of carbonyl (C=O) groups excluding carboxylic acids is 3. The lowest BCUT2D eigenvalue weighted by atomic mass is 9.85. The van der Waals surface area contributed by atoms with Crippen LogP contribution in [0.5, 0.6) is 17.2 Å². The maximum absolute atomic E-state index is 14.2. The van der Waals surface area contributed by atoms with Gasteiger partial charge in [-0.15, -0.1) is 0 Å². The van der Waals surface area contributed by atoms with E-state index >= 15 is 0 Å². The van der Waals surface area contributed by atoms with E-state index in [9.17, 15) is 34.5 Å². The number of hydrogen-bond donors (Lipinski definition) is 5. The van der Waals surface area contributed by atoms with E-state index in [0.717, 1.165) is 64.5 Å². The van der Waals surface area contributed by atoms with Crippen LogP contribution in [0, 0.1) is 11.3 Å². The van der Waals surface area contributed by atoms with Crippen molar-refractivity contribution in [3.05, 3.63) is 111 Å². The minimum Gasteiger partial charge on any atom is -0.508 e. The van der Waals surface area contributed by atoms with Crippen molar-refractivity contribution in [3.63, 3.8) is 0 Å². The highest BCUT2D eigenvalue weighted by Gasteiger charge is 2.51. The predicted molar refractivity (Wildman–Crippen MR) is 248 cm³/mol. The highest BCUT2D eigenvalue weighted by molar-refractivity contribution is 6.22. The van der Waals surface area contributed by atoms with E-state index in [4.69, 9.17) is 25.6 Å². The number of nitrogens with one attached hydrogen (secondary N) is 1. The predicted octanol–water partition coefficient (Wildman–Crippen LogP) is 8.08. The number of primary amides is 1. The van der Waals surface area contributed by atoms with E-state index in [1.165, 1.54) is 12.1 Å². The number of ether oxygens (including phenoxy) is 2. The molecule has 3 aliphatic rings. The van der Waals surface area contributed by atoms with Gasteiger partial charge in [0.15, 0.2) is 0 Å². The number of piperidine rings is 1. The summed E-state index contributed by atoms with van der Waals surface area (Å²) in [6.07, 6.45) is 5.33. The molecule has 3 aromatic carbocycles. The van der Waals surface area contributed by atoms with Gasteiger partial charge in [-0.25, -0.2) is 24.3 Å². The molecule has 1 fully saturated rings. The number of aryl methyl sites for hydroxylation is 2. The van der Waals surface area contributed by atoms with Gasteiger partial charge in [-0.1, -0.05) is 27.7 Å². The Kier molecular flexibility index (Phi) is 11.2. The lowest BCUT2D eigenvalue weighted by molar-refractivity contribution is -0.173. The van der Waals surface area contributed by atoms with Gasteiger partial charge in [-0.2, -0.15) is 0 Å². The van der Waals surface area contributed by atoms with Crippen LogP contribution in [0.1, 0.15) is 99.1 Å². The zero-order valence-corrected chi connectivity index (χ0v) is 37.4. The molecule has 1 atom stereocenters. The molecule has 16 heteroatoms. The van der Waals surface area contributed by atoms with Gasteiger partial charge in [0.2, 0.25) is 5.60 Å². The molecule has 0 saturated carbocycles. The first-order chi connectivity index (χ1) is 31.6. The highest BCUT2D eigenvalue weighted by Crippen LogP contribution is 2.43. The fourth-order valence-corrected chi connectivity index (χ4v) is 10.1. The maximum Gasteiger partial charge on any atom is 0.411 e. The number of cyclic esters (lactones) is 1. The minimum absolute atomic E-state index is 0.0630. The molecule has 342 valence electrons. The number of urea groups is 1. The van der Waals surface area contributed by atoms with Crippen molar-refractivity contribution in [2.75, 3.05) is 18.0 Å². The second-order valence-electron chi connectivity index (χ2n) is 17.8. The molecule has 0 radical (unpaired) electrons. The van der Waals surface area contributed by atoms with Crippen molar-refractivity contribution in [1.29, 1.82) is 5.41 Å². The number of benzene rings is 3. The van der Waals surface area contributed by atoms with E-state index in [1.54, 1.807) is 52.8 Å². The molecule has 0 spiro atoms. The first kappa shape index (κ1) is 43.9. The van der Waals surface area contributed by atoms with E-state index in [2.05, 4.69) is 4.57 Å². The molecular weight excluding hydrogens is 843 g/mol. The lowest BCUT2D eigenvalue weighted by Gasteiger charge is -2.38. The number of phenolic OH excluding ortho intramolecular Hbond substituents is 3. The Bertz CT molecular complexity index is 3060. The molecule has 66 heavy (non-hydrogen) atoms. The number of likely N-dealkylation sites (tertiary alicyclic amines) is 1. The molecule has 16 nitrogen and oxygen atoms in total. The first-order valence-corrected chi connectivity index (χ1v) is 22.5. The number of phenols is 3. The van der Waals surface area contributed by atoms with Crippen LogP contribution in [0.2, 0.25) is 0 Å². The number of fused-ring (bicyclic) bond motifs is 6. The molecule has 3 aliphatic heterocycles. The molecule has 1 saturated heterocycles. The third-order valence-electron chi connectivity index (χ3n) is 13.7. The Morgan fingerprint density at radius 1 is 1.00 bits per heavy atom. The van der Waals surface area contributed by atoms with Crippen molar-refractivity contribution < 1.29 is 39.2 Å². The summed E-state index contributed by atoms with van der Waals surface area (Å²) in [5.41, 5.74) is 9.82. The van der Waals surface area contributed by atoms with Crippen molar-refractivity contribution >= 4 is 51.4 Å². The summed E-state index contributed by atoms with van der Waals surface area (Å²) in [5, 5.41) is 41.7. The van der Waals surface area contributed by atoms with Gasteiger partial charge >= 0.3 is 18.1 Å². The summed E-state index contributed by atoms with van der Waals surface area (Å²) in [6.45, 7) is 9.17. The van der Waals surface area contributed by atoms with Crippen LogP contribution in [0.15, 0.2) is 71.7 Å². The fourth-order valence-electron chi connectivity index (χ4n) is 10.1. The van der Waals surface area contributed by atoms with Gasteiger partial charge in [0.1, 0.15) is 29.7 Å². The molecule has 6 heterocycles. The number of hydrogen-bond acceptors (Lipinski definition) is 11. The second-order valence-corrected chi connectivity index (χ2v) is 17.8. The topological polar surface area (TPSA) is 227 Å². The first-order valence-electron chi connectivity index (χ1n) is 22.5. The van der Waals surface area contributed by atoms with Gasteiger partial charge in [0.05, 0.1) is 40.3 Å². The third-order valence-corrected chi connectivity index (χ3v) is 13.7. The van der Waals surface area contributed by atoms with Gasteiger partial charge < -0.3 is 44.6 Å². The summed E-state index contributed by atoms with van der Waals surface area (Å²) >= 11 is 0. The number of amidine groups is 1. The number of nitrogens with zero attached hydrogens (tertiary/aromatic N) is 5. The normalized spacial score (nSPS) is 16.9. The van der Waals surface area contributed by atoms with Crippen LogP contribution in [0.3, 0.4) is 0 Å². The number of anilines is 1. The van der Waals surface area contributed by atoms with Crippen LogP contribution in [0.25, 0.3) is 33.2 Å². The summed E-state index contributed by atoms with van der Waals surface area (Å²) in [7, 11) is 0. The third kappa shape index (κ3) is 7.33. The van der Waals surface area contributed by atoms with Crippen molar-refractivity contribution in [3.8, 4) is 28.6 Å². The monoisotopic (exact) mass is 895 g/mol. The number of esters is 1. The van der Waals surface area contributed by atoms with Gasteiger partial charge in [-0.05, 0) is 116 Å². The van der Waals surface area contributed by atoms with E-state index in [-0.39, 0.29) is 65.3 Å². The van der Waals surface area contributed by atoms with Gasteiger partial charge in [0.25, 0.3) is 5.56 Å². The number of amides is 3. The number of aromatic hydroxyl groups is 3. The maximum atomic E-state index is 14.2. The average molecular weight is 896 g/mol. The van der Waals surface area contributed by atoms with Crippen LogP contribution in [-0.4, -0.2) is 71.4 Å². The second kappa shape index (κ2) is 16.9. The number of nitrogens with two attached hydrogens (primary N) is 1. The summed E-state index contributed by atoms with van der Waals surface area (Å²) < 4.78 is 15.5. The minimum atomic E-state index is -1.82. The zero-order valence-electron chi connectivity index (χ0n) is 37.4. The summed E-state index contributed by atoms with van der Waals surface area (Å²) in [4.78, 5) is 62.1. The Morgan fingerprint density at radius 3 is 2.48 bits per heavy atom. The number of aromatic nitrogens is 3. The fraction of sp³-hybridized carbons (Fsp3) is 0.360. The summed E-state index contributed by atoms with van der Waals surface area (Å²) in [6, 6.07) is 15.8. The highest BCUT2D eigenvalue weighted by atomic mass is 16.6. The summed E-state index contributed by atoms with van der Waals surface area (Å²) in [5.74, 6) is -1.09. The standard InChI is InChI=1S/C50H53N7O9/c1-5-32-34-21-31(58)10-11-39(34)53-44-36(32)25-56-41(44)23-38-37(46(56)61)26-65-47(62)50(38,6-2)66-49(64)55-17-13-28(14-18-55)8-7-16-54-19-15-29-20-30(9-12-40(29)54)57(48(52)63)45(51)35-22-33(27(3)4)42(59)24-43(35)60/h9-12,15,19-24,27-28,51,58-60H,5-8,13-14,16-18,25-26H2,1-4H3,(H2,52,63). The SMILES string of the molecule is CCc1c2c(nc3ccc(O)cc13)-c1cc3c(c(=O)n1C2)COC(=O)C3(CC)OC(=O)N1CCC(CCCn2ccc3cc(N(C(=N)c4cc(C(C)C)c(O)cc4O)C(N)=O)ccc32)CC1. The number of carbonyl (C=O) groups is 3. The Labute approximate surface area is 380 Å². The van der Waals surface area contributed by atoms with E-state index < -0.39 is 23.7 Å². The molecular formula is C50H53N7O9. The molecule has 0 aliphatic carbocycles. The van der Waals surface area contributed by atoms with Crippen molar-refractivity contribution in [2.24, 2.45) is 11.7 Å². The van der Waals surface area contributed by atoms with Crippen molar-refractivity contribution in [1.82, 2.24) is 19.0 Å². The average Bonchev–Trinajstić information content (AvgIpc) is 3.87. The molecule has 6 aromatic rings. The smallest absolute Gasteiger partial charge is 0.411 e. The molecule has 0 bridgehead atoms. The Balaban J connectivity index is 0.852. The number of pyridine rings is 2. The van der Waals surface area contributed by atoms with Crippen molar-refractivity contribution in [2.45, 2.75) is 97.4 Å². The largest absolute Gasteiger partial charge is 0.508 e. The number of rotatable bonds is 10. The Hall–Kier alpha value is -7.36. The quantitative estimate of drug-likeness (QED) is 0.0504. The van der Waals surface area contributed by atoms with Crippen LogP contribution in [-0.2, 0) is 46.0 Å². The molecule has 6 N–H and O–H groups in total. The van der Waals surface area contributed by atoms with Crippen LogP contribution >= 0.6 is 0 Å². The lowest BCUT2D eigenvalue weighted by Crippen LogP contribution is -2.50.